The quantitative estimate of drug-likeness (QED) is 0.725. The zero-order valence-corrected chi connectivity index (χ0v) is 15.1. The average molecular weight is 345 g/mol. The molecular formula is C19H27N3O3. The predicted octanol–water partition coefficient (Wildman–Crippen LogP) is 1.65. The maximum absolute atomic E-state index is 12.2. The van der Waals surface area contributed by atoms with Gasteiger partial charge in [-0.25, -0.2) is 4.79 Å². The monoisotopic (exact) mass is 345 g/mol. The first kappa shape index (κ1) is 17.9. The lowest BCUT2D eigenvalue weighted by Crippen LogP contribution is -2.56. The molecule has 136 valence electrons. The molecule has 2 aliphatic heterocycles. The van der Waals surface area contributed by atoms with Crippen molar-refractivity contribution in [2.75, 3.05) is 19.6 Å². The van der Waals surface area contributed by atoms with Crippen LogP contribution in [0.15, 0.2) is 18.2 Å². The highest BCUT2D eigenvalue weighted by Gasteiger charge is 2.48. The van der Waals surface area contributed by atoms with Gasteiger partial charge in [-0.3, -0.25) is 10.1 Å². The van der Waals surface area contributed by atoms with E-state index in [1.165, 1.54) is 0 Å². The van der Waals surface area contributed by atoms with E-state index in [0.29, 0.717) is 13.1 Å². The SMILES string of the molecule is Cc1cc(C)cc([C@H](O)CN2CCC[C@H]([C@@]3(C)NC(=O)NC3=O)C2)c1. The van der Waals surface area contributed by atoms with Gasteiger partial charge in [-0.05, 0) is 45.7 Å². The third-order valence-electron chi connectivity index (χ3n) is 5.45. The van der Waals surface area contributed by atoms with E-state index in [1.54, 1.807) is 6.92 Å². The summed E-state index contributed by atoms with van der Waals surface area (Å²) < 4.78 is 0. The van der Waals surface area contributed by atoms with Crippen LogP contribution in [0.5, 0.6) is 0 Å². The van der Waals surface area contributed by atoms with Gasteiger partial charge in [0, 0.05) is 19.0 Å². The van der Waals surface area contributed by atoms with Crippen LogP contribution in [0.2, 0.25) is 0 Å². The fourth-order valence-corrected chi connectivity index (χ4v) is 4.09. The van der Waals surface area contributed by atoms with Crippen LogP contribution in [-0.2, 0) is 4.79 Å². The number of carbonyl (C=O) groups is 2. The van der Waals surface area contributed by atoms with Gasteiger partial charge in [-0.1, -0.05) is 29.3 Å². The van der Waals surface area contributed by atoms with Crippen molar-refractivity contribution in [1.29, 1.82) is 0 Å². The van der Waals surface area contributed by atoms with Crippen molar-refractivity contribution < 1.29 is 14.7 Å². The summed E-state index contributed by atoms with van der Waals surface area (Å²) in [5.41, 5.74) is 2.35. The number of β-amino-alcohol motifs (C(OH)–C–C–N with tert-alkyl or cyclic N) is 1. The van der Waals surface area contributed by atoms with Crippen molar-refractivity contribution >= 4 is 11.9 Å². The third-order valence-corrected chi connectivity index (χ3v) is 5.45. The summed E-state index contributed by atoms with van der Waals surface area (Å²) in [6.45, 7) is 7.97. The van der Waals surface area contributed by atoms with Crippen LogP contribution < -0.4 is 10.6 Å². The Morgan fingerprint density at radius 2 is 1.96 bits per heavy atom. The smallest absolute Gasteiger partial charge is 0.322 e. The largest absolute Gasteiger partial charge is 0.387 e. The third kappa shape index (κ3) is 3.70. The van der Waals surface area contributed by atoms with Gasteiger partial charge in [0.15, 0.2) is 0 Å². The lowest BCUT2D eigenvalue weighted by Gasteiger charge is -2.40. The molecule has 6 nitrogen and oxygen atoms in total. The number of rotatable bonds is 4. The van der Waals surface area contributed by atoms with Gasteiger partial charge >= 0.3 is 6.03 Å². The van der Waals surface area contributed by atoms with Crippen LogP contribution in [0.3, 0.4) is 0 Å². The number of urea groups is 1. The first-order valence-electron chi connectivity index (χ1n) is 8.90. The predicted molar refractivity (Wildman–Crippen MR) is 95.1 cm³/mol. The Morgan fingerprint density at radius 3 is 2.56 bits per heavy atom. The van der Waals surface area contributed by atoms with Gasteiger partial charge < -0.3 is 15.3 Å². The molecule has 2 heterocycles. The van der Waals surface area contributed by atoms with E-state index in [1.807, 2.05) is 26.0 Å². The molecule has 0 aromatic heterocycles. The van der Waals surface area contributed by atoms with E-state index >= 15 is 0 Å². The molecule has 2 saturated heterocycles. The minimum atomic E-state index is -0.860. The van der Waals surface area contributed by atoms with Gasteiger partial charge in [-0.2, -0.15) is 0 Å². The van der Waals surface area contributed by atoms with Crippen LogP contribution in [-0.4, -0.2) is 47.1 Å². The molecule has 1 aromatic carbocycles. The fourth-order valence-electron chi connectivity index (χ4n) is 4.09. The molecule has 3 rings (SSSR count). The number of benzene rings is 1. The molecule has 0 radical (unpaired) electrons. The van der Waals surface area contributed by atoms with E-state index in [-0.39, 0.29) is 11.8 Å². The number of aliphatic hydroxyl groups excluding tert-OH is 1. The van der Waals surface area contributed by atoms with E-state index in [9.17, 15) is 14.7 Å². The van der Waals surface area contributed by atoms with Crippen LogP contribution in [0.4, 0.5) is 4.79 Å². The van der Waals surface area contributed by atoms with E-state index in [0.717, 1.165) is 36.1 Å². The number of amides is 3. The Balaban J connectivity index is 1.67. The van der Waals surface area contributed by atoms with Gasteiger partial charge in [0.1, 0.15) is 5.54 Å². The van der Waals surface area contributed by atoms with E-state index in [4.69, 9.17) is 0 Å². The minimum Gasteiger partial charge on any atom is -0.387 e. The lowest BCUT2D eigenvalue weighted by molar-refractivity contribution is -0.126. The molecule has 0 spiro atoms. The van der Waals surface area contributed by atoms with Crippen molar-refractivity contribution in [3.8, 4) is 0 Å². The number of piperidine rings is 1. The maximum atomic E-state index is 12.2. The van der Waals surface area contributed by atoms with Crippen LogP contribution in [0, 0.1) is 19.8 Å². The Bertz CT molecular complexity index is 670. The summed E-state index contributed by atoms with van der Waals surface area (Å²) in [7, 11) is 0. The molecule has 0 saturated carbocycles. The molecule has 3 amide bonds. The number of imide groups is 1. The number of likely N-dealkylation sites (tertiary alicyclic amines) is 1. The van der Waals surface area contributed by atoms with Crippen LogP contribution in [0.25, 0.3) is 0 Å². The number of hydrogen-bond acceptors (Lipinski definition) is 4. The van der Waals surface area contributed by atoms with Crippen LogP contribution in [0.1, 0.15) is 42.6 Å². The van der Waals surface area contributed by atoms with Crippen LogP contribution >= 0.6 is 0 Å². The summed E-state index contributed by atoms with van der Waals surface area (Å²) in [5, 5.41) is 15.8. The summed E-state index contributed by atoms with van der Waals surface area (Å²) in [4.78, 5) is 25.9. The standard InChI is InChI=1S/C19H27N3O3/c1-12-7-13(2)9-14(8-12)16(23)11-22-6-4-5-15(10-22)19(3)17(24)20-18(25)21-19/h7-9,15-16,23H,4-6,10-11H2,1-3H3,(H2,20,21,24,25)/t15-,16+,19+/m0/s1. The number of aliphatic hydroxyl groups is 1. The molecule has 0 bridgehead atoms. The Labute approximate surface area is 148 Å². The first-order chi connectivity index (χ1) is 11.8. The molecule has 2 fully saturated rings. The fraction of sp³-hybridized carbons (Fsp3) is 0.579. The van der Waals surface area contributed by atoms with E-state index < -0.39 is 17.7 Å². The average Bonchev–Trinajstić information content (AvgIpc) is 2.80. The molecule has 3 atom stereocenters. The zero-order valence-electron chi connectivity index (χ0n) is 15.1. The summed E-state index contributed by atoms with van der Waals surface area (Å²) in [6.07, 6.45) is 1.28. The zero-order chi connectivity index (χ0) is 18.2. The second kappa shape index (κ2) is 6.77. The highest BCUT2D eigenvalue weighted by Crippen LogP contribution is 2.30. The molecule has 6 heteroatoms. The minimum absolute atomic E-state index is 0.0409. The highest BCUT2D eigenvalue weighted by atomic mass is 16.3. The molecule has 1 aromatic rings. The summed E-state index contributed by atoms with van der Waals surface area (Å²) >= 11 is 0. The van der Waals surface area contributed by atoms with Gasteiger partial charge in [0.25, 0.3) is 5.91 Å². The molecule has 3 N–H and O–H groups in total. The molecular weight excluding hydrogens is 318 g/mol. The van der Waals surface area contributed by atoms with Gasteiger partial charge in [0.05, 0.1) is 6.10 Å². The Hall–Kier alpha value is -1.92. The number of hydrogen-bond donors (Lipinski definition) is 3. The Morgan fingerprint density at radius 1 is 1.28 bits per heavy atom. The summed E-state index contributed by atoms with van der Waals surface area (Å²) in [5.74, 6) is -0.210. The highest BCUT2D eigenvalue weighted by molar-refractivity contribution is 6.06. The van der Waals surface area contributed by atoms with Crippen molar-refractivity contribution in [1.82, 2.24) is 15.5 Å². The molecule has 0 unspecified atom stereocenters. The van der Waals surface area contributed by atoms with E-state index in [2.05, 4.69) is 21.6 Å². The maximum Gasteiger partial charge on any atom is 0.322 e. The lowest BCUT2D eigenvalue weighted by atomic mass is 9.80. The molecule has 0 aliphatic carbocycles. The second-order valence-corrected chi connectivity index (χ2v) is 7.65. The Kier molecular flexibility index (Phi) is 4.84. The van der Waals surface area contributed by atoms with Crippen molar-refractivity contribution in [2.45, 2.75) is 45.3 Å². The second-order valence-electron chi connectivity index (χ2n) is 7.65. The molecule has 25 heavy (non-hydrogen) atoms. The van der Waals surface area contributed by atoms with Gasteiger partial charge in [-0.15, -0.1) is 0 Å². The normalized spacial score (nSPS) is 28.6. The number of nitrogens with zero attached hydrogens (tertiary/aromatic N) is 1. The van der Waals surface area contributed by atoms with Crippen molar-refractivity contribution in [2.24, 2.45) is 5.92 Å². The first-order valence-corrected chi connectivity index (χ1v) is 8.90. The number of aryl methyl sites for hydroxylation is 2. The number of carbonyl (C=O) groups excluding carboxylic acids is 2. The van der Waals surface area contributed by atoms with Gasteiger partial charge in [0.2, 0.25) is 0 Å². The molecule has 2 aliphatic rings. The summed E-state index contributed by atoms with van der Waals surface area (Å²) in [6, 6.07) is 5.71. The van der Waals surface area contributed by atoms with Crippen molar-refractivity contribution in [3.63, 3.8) is 0 Å². The number of nitrogens with one attached hydrogen (secondary N) is 2. The van der Waals surface area contributed by atoms with Crippen molar-refractivity contribution in [3.05, 3.63) is 34.9 Å². The topological polar surface area (TPSA) is 81.7 Å².